The highest BCUT2D eigenvalue weighted by Gasteiger charge is 2.13. The van der Waals surface area contributed by atoms with Crippen LogP contribution in [0, 0.1) is 0 Å². The summed E-state index contributed by atoms with van der Waals surface area (Å²) in [6.45, 7) is 0. The first kappa shape index (κ1) is 15.4. The molecule has 0 aliphatic heterocycles. The van der Waals surface area contributed by atoms with Crippen molar-refractivity contribution in [2.24, 2.45) is 0 Å². The van der Waals surface area contributed by atoms with E-state index in [1.165, 1.54) is 0 Å². The lowest BCUT2D eigenvalue weighted by molar-refractivity contribution is 0.412. The van der Waals surface area contributed by atoms with Gasteiger partial charge in [-0.05, 0) is 57.4 Å². The minimum absolute atomic E-state index is 0.0738. The van der Waals surface area contributed by atoms with E-state index in [0.29, 0.717) is 5.02 Å². The molecule has 100 valence electrons. The zero-order valence-corrected chi connectivity index (χ0v) is 15.5. The van der Waals surface area contributed by atoms with Crippen LogP contribution in [0.25, 0.3) is 0 Å². The van der Waals surface area contributed by atoms with Crippen molar-refractivity contribution in [2.75, 3.05) is 7.11 Å². The second-order valence-electron chi connectivity index (χ2n) is 3.96. The van der Waals surface area contributed by atoms with Crippen molar-refractivity contribution in [3.05, 3.63) is 61.5 Å². The van der Waals surface area contributed by atoms with Crippen LogP contribution in [-0.2, 0) is 0 Å². The molecule has 2 rings (SSSR count). The quantitative estimate of drug-likeness (QED) is 0.476. The van der Waals surface area contributed by atoms with E-state index in [1.807, 2.05) is 36.4 Å². The minimum atomic E-state index is 0.0738. The monoisotopic (exact) mass is 466 g/mol. The van der Waals surface area contributed by atoms with Crippen molar-refractivity contribution >= 4 is 59.4 Å². The van der Waals surface area contributed by atoms with Crippen LogP contribution in [0.2, 0.25) is 5.02 Å². The number of hydrogen-bond acceptors (Lipinski definition) is 1. The summed E-state index contributed by atoms with van der Waals surface area (Å²) in [6.07, 6.45) is 0. The van der Waals surface area contributed by atoms with E-state index in [2.05, 4.69) is 47.8 Å². The third kappa shape index (κ3) is 3.75. The van der Waals surface area contributed by atoms with Gasteiger partial charge in [0.15, 0.2) is 0 Å². The zero-order chi connectivity index (χ0) is 14.0. The average molecular weight is 469 g/mol. The summed E-state index contributed by atoms with van der Waals surface area (Å²) in [4.78, 5) is 0.0738. The Morgan fingerprint density at radius 2 is 1.79 bits per heavy atom. The Kier molecular flexibility index (Phi) is 5.35. The molecule has 5 heteroatoms. The van der Waals surface area contributed by atoms with Gasteiger partial charge in [0.1, 0.15) is 5.75 Å². The third-order valence-electron chi connectivity index (χ3n) is 2.65. The van der Waals surface area contributed by atoms with E-state index in [-0.39, 0.29) is 4.83 Å². The number of hydrogen-bond donors (Lipinski definition) is 0. The van der Waals surface area contributed by atoms with Crippen LogP contribution >= 0.6 is 59.4 Å². The van der Waals surface area contributed by atoms with E-state index < -0.39 is 0 Å². The molecule has 1 unspecified atom stereocenters. The van der Waals surface area contributed by atoms with Gasteiger partial charge >= 0.3 is 0 Å². The van der Waals surface area contributed by atoms with E-state index in [9.17, 15) is 0 Å². The molecule has 0 saturated heterocycles. The van der Waals surface area contributed by atoms with Crippen molar-refractivity contribution in [1.82, 2.24) is 0 Å². The molecular formula is C14H10Br3ClO. The summed E-state index contributed by atoms with van der Waals surface area (Å²) < 4.78 is 7.13. The Balaban J connectivity index is 2.38. The maximum absolute atomic E-state index is 6.08. The molecule has 0 aliphatic carbocycles. The van der Waals surface area contributed by atoms with Gasteiger partial charge in [0.05, 0.1) is 16.4 Å². The van der Waals surface area contributed by atoms with Crippen molar-refractivity contribution in [3.63, 3.8) is 0 Å². The molecule has 0 aliphatic rings. The molecule has 2 aromatic carbocycles. The molecule has 0 spiro atoms. The molecule has 0 fully saturated rings. The molecular weight excluding hydrogens is 459 g/mol. The molecule has 0 saturated carbocycles. The Bertz CT molecular complexity index is 581. The number of rotatable bonds is 3. The second-order valence-corrected chi connectivity index (χ2v) is 7.08. The maximum Gasteiger partial charge on any atom is 0.133 e. The van der Waals surface area contributed by atoms with Gasteiger partial charge < -0.3 is 4.74 Å². The fraction of sp³-hybridized carbons (Fsp3) is 0.143. The van der Waals surface area contributed by atoms with Crippen molar-refractivity contribution in [3.8, 4) is 5.75 Å². The van der Waals surface area contributed by atoms with Gasteiger partial charge in [0, 0.05) is 9.50 Å². The maximum atomic E-state index is 6.08. The van der Waals surface area contributed by atoms with Gasteiger partial charge in [0.2, 0.25) is 0 Å². The zero-order valence-electron chi connectivity index (χ0n) is 9.96. The Morgan fingerprint density at radius 1 is 1.05 bits per heavy atom. The van der Waals surface area contributed by atoms with Crippen LogP contribution < -0.4 is 4.74 Å². The number of benzene rings is 2. The smallest absolute Gasteiger partial charge is 0.133 e. The first-order chi connectivity index (χ1) is 9.01. The van der Waals surface area contributed by atoms with Crippen LogP contribution in [-0.4, -0.2) is 7.11 Å². The molecule has 2 aromatic rings. The van der Waals surface area contributed by atoms with E-state index in [0.717, 1.165) is 25.8 Å². The highest BCUT2D eigenvalue weighted by molar-refractivity contribution is 9.11. The predicted octanol–water partition coefficient (Wildman–Crippen LogP) is 6.36. The lowest BCUT2D eigenvalue weighted by Gasteiger charge is -2.13. The normalized spacial score (nSPS) is 12.3. The van der Waals surface area contributed by atoms with Crippen molar-refractivity contribution in [2.45, 2.75) is 4.83 Å². The molecule has 0 bridgehead atoms. The average Bonchev–Trinajstić information content (AvgIpc) is 2.36. The van der Waals surface area contributed by atoms with Gasteiger partial charge in [-0.25, -0.2) is 0 Å². The van der Waals surface area contributed by atoms with Crippen molar-refractivity contribution in [1.29, 1.82) is 0 Å². The summed E-state index contributed by atoms with van der Waals surface area (Å²) in [6, 6.07) is 11.9. The summed E-state index contributed by atoms with van der Waals surface area (Å²) >= 11 is 16.7. The fourth-order valence-electron chi connectivity index (χ4n) is 1.75. The highest BCUT2D eigenvalue weighted by atomic mass is 79.9. The van der Waals surface area contributed by atoms with Crippen LogP contribution in [0.1, 0.15) is 16.0 Å². The largest absolute Gasteiger partial charge is 0.496 e. The summed E-state index contributed by atoms with van der Waals surface area (Å²) in [5, 5.41) is 0.710. The van der Waals surface area contributed by atoms with Gasteiger partial charge in [-0.3, -0.25) is 0 Å². The van der Waals surface area contributed by atoms with Crippen molar-refractivity contribution < 1.29 is 4.74 Å². The summed E-state index contributed by atoms with van der Waals surface area (Å²) in [5.74, 6) is 0.815. The molecule has 0 amide bonds. The molecule has 1 atom stereocenters. The van der Waals surface area contributed by atoms with Gasteiger partial charge in [0.25, 0.3) is 0 Å². The number of alkyl halides is 1. The van der Waals surface area contributed by atoms with E-state index in [4.69, 9.17) is 16.3 Å². The Labute approximate surface area is 142 Å². The van der Waals surface area contributed by atoms with Crippen LogP contribution in [0.5, 0.6) is 5.75 Å². The Morgan fingerprint density at radius 3 is 2.37 bits per heavy atom. The molecule has 0 radical (unpaired) electrons. The summed E-state index contributed by atoms with van der Waals surface area (Å²) in [5.41, 5.74) is 2.22. The van der Waals surface area contributed by atoms with Crippen LogP contribution in [0.3, 0.4) is 0 Å². The third-order valence-corrected chi connectivity index (χ3v) is 5.00. The first-order valence-corrected chi connectivity index (χ1v) is 8.32. The number of halogens is 4. The second kappa shape index (κ2) is 6.61. The number of ether oxygens (including phenoxy) is 1. The standard InChI is InChI=1S/C14H10Br3ClO/c1-19-13-3-2-8(6-12(13)16)14(17)9-4-10(15)7-11(18)5-9/h2-7,14H,1H3. The highest BCUT2D eigenvalue weighted by Crippen LogP contribution is 2.37. The lowest BCUT2D eigenvalue weighted by atomic mass is 10.0. The van der Waals surface area contributed by atoms with Gasteiger partial charge in [-0.1, -0.05) is 49.5 Å². The van der Waals surface area contributed by atoms with Gasteiger partial charge in [-0.15, -0.1) is 0 Å². The minimum Gasteiger partial charge on any atom is -0.496 e. The van der Waals surface area contributed by atoms with Crippen LogP contribution in [0.15, 0.2) is 45.3 Å². The molecule has 0 aromatic heterocycles. The van der Waals surface area contributed by atoms with Gasteiger partial charge in [-0.2, -0.15) is 0 Å². The van der Waals surface area contributed by atoms with Crippen LogP contribution in [0.4, 0.5) is 0 Å². The SMILES string of the molecule is COc1ccc(C(Br)c2cc(Cl)cc(Br)c2)cc1Br. The first-order valence-electron chi connectivity index (χ1n) is 5.44. The fourth-order valence-corrected chi connectivity index (χ4v) is 3.75. The van der Waals surface area contributed by atoms with E-state index in [1.54, 1.807) is 7.11 Å². The number of methoxy groups -OCH3 is 1. The van der Waals surface area contributed by atoms with E-state index >= 15 is 0 Å². The molecule has 0 heterocycles. The Hall–Kier alpha value is -0.0300. The molecule has 0 N–H and O–H groups in total. The topological polar surface area (TPSA) is 9.23 Å². The summed E-state index contributed by atoms with van der Waals surface area (Å²) in [7, 11) is 1.65. The predicted molar refractivity (Wildman–Crippen MR) is 90.6 cm³/mol. The molecule has 19 heavy (non-hydrogen) atoms. The molecule has 1 nitrogen and oxygen atoms in total. The lowest BCUT2D eigenvalue weighted by Crippen LogP contribution is -1.94.